The SMILES string of the molecule is CCCC1(C)CCCN(C(=NC)NCc2ncccc2C)C1.I. The molecule has 4 nitrogen and oxygen atoms in total. The van der Waals surface area contributed by atoms with E-state index in [-0.39, 0.29) is 24.0 Å². The van der Waals surface area contributed by atoms with Crippen molar-refractivity contribution in [1.29, 1.82) is 0 Å². The van der Waals surface area contributed by atoms with Gasteiger partial charge in [0.2, 0.25) is 0 Å². The minimum atomic E-state index is 0. The molecule has 2 heterocycles. The van der Waals surface area contributed by atoms with E-state index in [1.54, 1.807) is 0 Å². The van der Waals surface area contributed by atoms with Crippen LogP contribution in [0.2, 0.25) is 0 Å². The second kappa shape index (κ2) is 9.45. The van der Waals surface area contributed by atoms with Crippen LogP contribution in [-0.2, 0) is 6.54 Å². The van der Waals surface area contributed by atoms with Gasteiger partial charge in [-0.05, 0) is 43.2 Å². The van der Waals surface area contributed by atoms with Gasteiger partial charge < -0.3 is 10.2 Å². The lowest BCUT2D eigenvalue weighted by molar-refractivity contribution is 0.142. The molecule has 0 spiro atoms. The first kappa shape index (κ1) is 20.2. The zero-order valence-corrected chi connectivity index (χ0v) is 17.3. The largest absolute Gasteiger partial charge is 0.351 e. The number of likely N-dealkylation sites (tertiary alicyclic amines) is 1. The van der Waals surface area contributed by atoms with E-state index in [9.17, 15) is 0 Å². The molecule has 130 valence electrons. The number of halogens is 1. The molecule has 0 saturated carbocycles. The van der Waals surface area contributed by atoms with Crippen LogP contribution in [0.4, 0.5) is 0 Å². The standard InChI is InChI=1S/C18H30N4.HI/c1-5-9-18(3)10-7-12-22(14-18)17(19-4)21-13-16-15(2)8-6-11-20-16;/h6,8,11H,5,7,9-10,12-14H2,1-4H3,(H,19,21);1H. The molecule has 0 bridgehead atoms. The van der Waals surface area contributed by atoms with Gasteiger partial charge >= 0.3 is 0 Å². The van der Waals surface area contributed by atoms with E-state index in [1.165, 1.54) is 31.2 Å². The summed E-state index contributed by atoms with van der Waals surface area (Å²) in [5.74, 6) is 1.01. The summed E-state index contributed by atoms with van der Waals surface area (Å²) < 4.78 is 0. The molecule has 0 amide bonds. The molecule has 1 aromatic rings. The van der Waals surface area contributed by atoms with Crippen molar-refractivity contribution in [3.05, 3.63) is 29.6 Å². The molecule has 5 heteroatoms. The number of rotatable bonds is 4. The highest BCUT2D eigenvalue weighted by Gasteiger charge is 2.31. The summed E-state index contributed by atoms with van der Waals surface area (Å²) in [7, 11) is 1.87. The fourth-order valence-electron chi connectivity index (χ4n) is 3.50. The van der Waals surface area contributed by atoms with E-state index >= 15 is 0 Å². The highest BCUT2D eigenvalue weighted by Crippen LogP contribution is 2.33. The van der Waals surface area contributed by atoms with Crippen LogP contribution in [0.3, 0.4) is 0 Å². The van der Waals surface area contributed by atoms with E-state index in [2.05, 4.69) is 47.0 Å². The second-order valence-electron chi connectivity index (χ2n) is 6.75. The van der Waals surface area contributed by atoms with Crippen molar-refractivity contribution < 1.29 is 0 Å². The highest BCUT2D eigenvalue weighted by molar-refractivity contribution is 14.0. The third-order valence-electron chi connectivity index (χ3n) is 4.68. The predicted molar refractivity (Wildman–Crippen MR) is 108 cm³/mol. The van der Waals surface area contributed by atoms with Gasteiger partial charge in [0.25, 0.3) is 0 Å². The maximum absolute atomic E-state index is 4.49. The smallest absolute Gasteiger partial charge is 0.193 e. The Morgan fingerprint density at radius 1 is 1.48 bits per heavy atom. The number of aliphatic imine (C=N–C) groups is 1. The van der Waals surface area contributed by atoms with Gasteiger partial charge in [-0.1, -0.05) is 26.3 Å². The number of aryl methyl sites for hydroxylation is 1. The van der Waals surface area contributed by atoms with E-state index in [0.717, 1.165) is 31.3 Å². The Morgan fingerprint density at radius 2 is 2.26 bits per heavy atom. The predicted octanol–water partition coefficient (Wildman–Crippen LogP) is 3.99. The molecule has 0 radical (unpaired) electrons. The third-order valence-corrected chi connectivity index (χ3v) is 4.68. The zero-order chi connectivity index (χ0) is 16.0. The molecule has 0 aliphatic carbocycles. The van der Waals surface area contributed by atoms with E-state index in [4.69, 9.17) is 0 Å². The Morgan fingerprint density at radius 3 is 2.91 bits per heavy atom. The molecule has 1 N–H and O–H groups in total. The molecular weight excluding hydrogens is 399 g/mol. The van der Waals surface area contributed by atoms with E-state index in [0.29, 0.717) is 5.41 Å². The van der Waals surface area contributed by atoms with Gasteiger partial charge in [-0.25, -0.2) is 0 Å². The molecule has 1 unspecified atom stereocenters. The molecule has 1 aliphatic rings. The minimum absolute atomic E-state index is 0. The van der Waals surface area contributed by atoms with Crippen molar-refractivity contribution in [2.24, 2.45) is 10.4 Å². The van der Waals surface area contributed by atoms with Crippen molar-refractivity contribution in [2.45, 2.75) is 53.0 Å². The topological polar surface area (TPSA) is 40.5 Å². The first-order chi connectivity index (χ1) is 10.6. The number of aromatic nitrogens is 1. The van der Waals surface area contributed by atoms with E-state index in [1.807, 2.05) is 19.3 Å². The summed E-state index contributed by atoms with van der Waals surface area (Å²) in [6.07, 6.45) is 6.98. The minimum Gasteiger partial charge on any atom is -0.351 e. The number of nitrogens with one attached hydrogen (secondary N) is 1. The lowest BCUT2D eigenvalue weighted by Gasteiger charge is -2.42. The molecule has 1 aliphatic heterocycles. The quantitative estimate of drug-likeness (QED) is 0.446. The summed E-state index contributed by atoms with van der Waals surface area (Å²) in [4.78, 5) is 11.4. The molecule has 1 aromatic heterocycles. The Labute approximate surface area is 158 Å². The van der Waals surface area contributed by atoms with Gasteiger partial charge in [-0.3, -0.25) is 9.98 Å². The summed E-state index contributed by atoms with van der Waals surface area (Å²) in [5, 5.41) is 3.49. The Hall–Kier alpha value is -0.850. The number of guanidine groups is 1. The highest BCUT2D eigenvalue weighted by atomic mass is 127. The number of hydrogen-bond donors (Lipinski definition) is 1. The molecule has 23 heavy (non-hydrogen) atoms. The Balaban J connectivity index is 0.00000264. The van der Waals surface area contributed by atoms with Crippen LogP contribution in [0.5, 0.6) is 0 Å². The fourth-order valence-corrected chi connectivity index (χ4v) is 3.50. The second-order valence-corrected chi connectivity index (χ2v) is 6.75. The normalized spacial score (nSPS) is 21.7. The van der Waals surface area contributed by atoms with E-state index < -0.39 is 0 Å². The Bertz CT molecular complexity index is 513. The van der Waals surface area contributed by atoms with Crippen LogP contribution in [0.1, 0.15) is 50.8 Å². The molecule has 2 rings (SSSR count). The number of nitrogens with zero attached hydrogens (tertiary/aromatic N) is 3. The summed E-state index contributed by atoms with van der Waals surface area (Å²) in [6, 6.07) is 4.08. The first-order valence-corrected chi connectivity index (χ1v) is 8.44. The van der Waals surface area contributed by atoms with Gasteiger partial charge in [0, 0.05) is 26.3 Å². The lowest BCUT2D eigenvalue weighted by Crippen LogP contribution is -2.49. The monoisotopic (exact) mass is 430 g/mol. The van der Waals surface area contributed by atoms with Crippen LogP contribution >= 0.6 is 24.0 Å². The van der Waals surface area contributed by atoms with Crippen LogP contribution in [0.25, 0.3) is 0 Å². The van der Waals surface area contributed by atoms with Gasteiger partial charge in [0.05, 0.1) is 12.2 Å². The van der Waals surface area contributed by atoms with Crippen LogP contribution < -0.4 is 5.32 Å². The van der Waals surface area contributed by atoms with Gasteiger partial charge in [-0.2, -0.15) is 0 Å². The molecule has 1 fully saturated rings. The summed E-state index contributed by atoms with van der Waals surface area (Å²) in [5.41, 5.74) is 2.74. The molecule has 0 aromatic carbocycles. The maximum atomic E-state index is 4.49. The molecular formula is C18H31IN4. The van der Waals surface area contributed by atoms with Crippen LogP contribution in [0, 0.1) is 12.3 Å². The third kappa shape index (κ3) is 5.62. The number of pyridine rings is 1. The van der Waals surface area contributed by atoms with Crippen molar-refractivity contribution in [3.63, 3.8) is 0 Å². The first-order valence-electron chi connectivity index (χ1n) is 8.44. The zero-order valence-electron chi connectivity index (χ0n) is 14.9. The lowest BCUT2D eigenvalue weighted by atomic mass is 9.78. The van der Waals surface area contributed by atoms with Crippen molar-refractivity contribution >= 4 is 29.9 Å². The van der Waals surface area contributed by atoms with Crippen molar-refractivity contribution in [2.75, 3.05) is 20.1 Å². The summed E-state index contributed by atoms with van der Waals surface area (Å²) >= 11 is 0. The van der Waals surface area contributed by atoms with Gasteiger partial charge in [0.15, 0.2) is 5.96 Å². The maximum Gasteiger partial charge on any atom is 0.193 e. The average molecular weight is 430 g/mol. The fraction of sp³-hybridized carbons (Fsp3) is 0.667. The number of hydrogen-bond acceptors (Lipinski definition) is 2. The van der Waals surface area contributed by atoms with Crippen LogP contribution in [0.15, 0.2) is 23.3 Å². The molecule has 1 atom stereocenters. The average Bonchev–Trinajstić information content (AvgIpc) is 2.49. The van der Waals surface area contributed by atoms with Crippen molar-refractivity contribution in [1.82, 2.24) is 15.2 Å². The van der Waals surface area contributed by atoms with Crippen LogP contribution in [-0.4, -0.2) is 36.0 Å². The van der Waals surface area contributed by atoms with Gasteiger partial charge in [0.1, 0.15) is 0 Å². The van der Waals surface area contributed by atoms with Gasteiger partial charge in [-0.15, -0.1) is 24.0 Å². The summed E-state index contributed by atoms with van der Waals surface area (Å²) in [6.45, 7) is 9.73. The van der Waals surface area contributed by atoms with Crippen molar-refractivity contribution in [3.8, 4) is 0 Å². The Kier molecular flexibility index (Phi) is 8.29. The number of piperidine rings is 1. The molecule has 1 saturated heterocycles.